The van der Waals surface area contributed by atoms with Crippen LogP contribution in [-0.2, 0) is 19.5 Å². The first-order chi connectivity index (χ1) is 11.7. The molecular weight excluding hydrogens is 320 g/mol. The van der Waals surface area contributed by atoms with Crippen molar-refractivity contribution in [2.45, 2.75) is 26.4 Å². The van der Waals surface area contributed by atoms with Crippen LogP contribution in [0.15, 0.2) is 36.0 Å². The Hall–Kier alpha value is -2.31. The summed E-state index contributed by atoms with van der Waals surface area (Å²) >= 11 is 1.69. The molecule has 24 heavy (non-hydrogen) atoms. The molecule has 0 unspecified atom stereocenters. The largest absolute Gasteiger partial charge is 0.508 e. The number of fused-ring (bicyclic) bond motifs is 1. The van der Waals surface area contributed by atoms with Gasteiger partial charge < -0.3 is 5.11 Å². The lowest BCUT2D eigenvalue weighted by Crippen LogP contribution is -2.31. The molecule has 1 aliphatic rings. The van der Waals surface area contributed by atoms with Crippen molar-refractivity contribution in [1.29, 1.82) is 0 Å². The molecule has 0 saturated heterocycles. The molecule has 4 rings (SSSR count). The molecule has 0 aliphatic carbocycles. The summed E-state index contributed by atoms with van der Waals surface area (Å²) in [7, 11) is 0. The number of aromatic nitrogens is 3. The van der Waals surface area contributed by atoms with Gasteiger partial charge in [-0.05, 0) is 31.2 Å². The number of benzene rings is 1. The first kappa shape index (κ1) is 15.2. The Bertz CT molecular complexity index is 846. The number of aromatic hydroxyl groups is 1. The number of hydrogen-bond acceptors (Lipinski definition) is 6. The van der Waals surface area contributed by atoms with E-state index in [0.717, 1.165) is 48.8 Å². The van der Waals surface area contributed by atoms with Gasteiger partial charge >= 0.3 is 0 Å². The number of thiazole rings is 1. The Kier molecular flexibility index (Phi) is 4.00. The highest BCUT2D eigenvalue weighted by molar-refractivity contribution is 7.09. The fraction of sp³-hybridized carbons (Fsp3) is 0.278. The van der Waals surface area contributed by atoms with Gasteiger partial charge in [0.05, 0.1) is 16.9 Å². The van der Waals surface area contributed by atoms with Crippen LogP contribution >= 0.6 is 11.3 Å². The number of rotatable bonds is 3. The van der Waals surface area contributed by atoms with Crippen molar-refractivity contribution in [3.8, 4) is 17.0 Å². The molecule has 0 saturated carbocycles. The Morgan fingerprint density at radius 2 is 2.04 bits per heavy atom. The standard InChI is InChI=1S/C18H18N4OS/c1-12-20-17-6-7-22(9-15-8-19-11-24-15)10-16(17)18(21-12)13-2-4-14(23)5-3-13/h2-5,8,11,23H,6-7,9-10H2,1H3. The summed E-state index contributed by atoms with van der Waals surface area (Å²) in [4.78, 5) is 17.2. The van der Waals surface area contributed by atoms with Crippen molar-refractivity contribution in [3.05, 3.63) is 57.9 Å². The summed E-state index contributed by atoms with van der Waals surface area (Å²) in [6, 6.07) is 7.24. The molecule has 0 spiro atoms. The van der Waals surface area contributed by atoms with E-state index in [1.54, 1.807) is 23.5 Å². The lowest BCUT2D eigenvalue weighted by Gasteiger charge is -2.29. The summed E-state index contributed by atoms with van der Waals surface area (Å²) < 4.78 is 0. The van der Waals surface area contributed by atoms with Gasteiger partial charge in [0, 0.05) is 48.3 Å². The maximum absolute atomic E-state index is 9.54. The van der Waals surface area contributed by atoms with E-state index in [4.69, 9.17) is 0 Å². The average molecular weight is 338 g/mol. The van der Waals surface area contributed by atoms with Gasteiger partial charge in [-0.2, -0.15) is 0 Å². The fourth-order valence-corrected chi connectivity index (χ4v) is 3.76. The second-order valence-electron chi connectivity index (χ2n) is 6.02. The van der Waals surface area contributed by atoms with Crippen LogP contribution in [0.25, 0.3) is 11.3 Å². The molecule has 5 nitrogen and oxygen atoms in total. The third-order valence-corrected chi connectivity index (χ3v) is 5.02. The van der Waals surface area contributed by atoms with E-state index in [-0.39, 0.29) is 5.75 Å². The second kappa shape index (κ2) is 6.30. The monoisotopic (exact) mass is 338 g/mol. The molecule has 0 amide bonds. The molecule has 0 fully saturated rings. The van der Waals surface area contributed by atoms with E-state index in [0.29, 0.717) is 0 Å². The lowest BCUT2D eigenvalue weighted by atomic mass is 9.99. The Morgan fingerprint density at radius 1 is 1.21 bits per heavy atom. The first-order valence-electron chi connectivity index (χ1n) is 7.94. The molecule has 1 N–H and O–H groups in total. The number of phenolic OH excluding ortho intramolecular Hbond substituents is 1. The van der Waals surface area contributed by atoms with E-state index in [9.17, 15) is 5.11 Å². The van der Waals surface area contributed by atoms with Crippen molar-refractivity contribution in [2.24, 2.45) is 0 Å². The lowest BCUT2D eigenvalue weighted by molar-refractivity contribution is 0.245. The molecule has 0 atom stereocenters. The van der Waals surface area contributed by atoms with Crippen LogP contribution in [0.1, 0.15) is 22.0 Å². The summed E-state index contributed by atoms with van der Waals surface area (Å²) in [6.45, 7) is 4.68. The van der Waals surface area contributed by atoms with Crippen LogP contribution in [0.3, 0.4) is 0 Å². The number of hydrogen-bond donors (Lipinski definition) is 1. The fourth-order valence-electron chi connectivity index (χ4n) is 3.13. The van der Waals surface area contributed by atoms with Gasteiger partial charge in [-0.15, -0.1) is 11.3 Å². The zero-order chi connectivity index (χ0) is 16.5. The second-order valence-corrected chi connectivity index (χ2v) is 6.99. The van der Waals surface area contributed by atoms with Crippen molar-refractivity contribution >= 4 is 11.3 Å². The predicted octanol–water partition coefficient (Wildman–Crippen LogP) is 3.17. The molecule has 0 radical (unpaired) electrons. The third kappa shape index (κ3) is 3.02. The minimum Gasteiger partial charge on any atom is -0.508 e. The van der Waals surface area contributed by atoms with Crippen molar-refractivity contribution in [3.63, 3.8) is 0 Å². The van der Waals surface area contributed by atoms with Gasteiger partial charge in [-0.25, -0.2) is 9.97 Å². The SMILES string of the molecule is Cc1nc2c(c(-c3ccc(O)cc3)n1)CN(Cc1cncs1)CC2. The van der Waals surface area contributed by atoms with Crippen molar-refractivity contribution < 1.29 is 5.11 Å². The Labute approximate surface area is 144 Å². The smallest absolute Gasteiger partial charge is 0.126 e. The van der Waals surface area contributed by atoms with Crippen LogP contribution in [0.5, 0.6) is 5.75 Å². The molecule has 6 heteroatoms. The van der Waals surface area contributed by atoms with Crippen LogP contribution in [0, 0.1) is 6.92 Å². The van der Waals surface area contributed by atoms with Crippen LogP contribution in [-0.4, -0.2) is 31.5 Å². The minimum absolute atomic E-state index is 0.269. The average Bonchev–Trinajstić information content (AvgIpc) is 3.08. The molecular formula is C18H18N4OS. The molecule has 3 aromatic rings. The maximum Gasteiger partial charge on any atom is 0.126 e. The van der Waals surface area contributed by atoms with Gasteiger partial charge in [0.25, 0.3) is 0 Å². The van der Waals surface area contributed by atoms with Gasteiger partial charge in [0.15, 0.2) is 0 Å². The topological polar surface area (TPSA) is 62.1 Å². The van der Waals surface area contributed by atoms with Gasteiger partial charge in [-0.3, -0.25) is 9.88 Å². The highest BCUT2D eigenvalue weighted by Gasteiger charge is 2.23. The molecule has 0 bridgehead atoms. The van der Waals surface area contributed by atoms with Crippen molar-refractivity contribution in [1.82, 2.24) is 19.9 Å². The van der Waals surface area contributed by atoms with Crippen LogP contribution < -0.4 is 0 Å². The Morgan fingerprint density at radius 3 is 2.79 bits per heavy atom. The molecule has 1 aliphatic heterocycles. The normalized spacial score (nSPS) is 14.5. The van der Waals surface area contributed by atoms with Gasteiger partial charge in [-0.1, -0.05) is 0 Å². The van der Waals surface area contributed by atoms with Gasteiger partial charge in [0.2, 0.25) is 0 Å². The molecule has 3 heterocycles. The van der Waals surface area contributed by atoms with E-state index < -0.39 is 0 Å². The predicted molar refractivity (Wildman–Crippen MR) is 93.8 cm³/mol. The zero-order valence-electron chi connectivity index (χ0n) is 13.4. The van der Waals surface area contributed by atoms with Gasteiger partial charge in [0.1, 0.15) is 11.6 Å². The Balaban J connectivity index is 1.69. The summed E-state index contributed by atoms with van der Waals surface area (Å²) in [5.41, 5.74) is 6.22. The molecule has 2 aromatic heterocycles. The van der Waals surface area contributed by atoms with E-state index in [1.165, 1.54) is 10.4 Å². The summed E-state index contributed by atoms with van der Waals surface area (Å²) in [5.74, 6) is 1.07. The highest BCUT2D eigenvalue weighted by Crippen LogP contribution is 2.30. The van der Waals surface area contributed by atoms with Crippen LogP contribution in [0.4, 0.5) is 0 Å². The number of aryl methyl sites for hydroxylation is 1. The van der Waals surface area contributed by atoms with E-state index in [1.807, 2.05) is 30.8 Å². The highest BCUT2D eigenvalue weighted by atomic mass is 32.1. The number of phenols is 1. The summed E-state index contributed by atoms with van der Waals surface area (Å²) in [5, 5.41) is 9.54. The molecule has 122 valence electrons. The first-order valence-corrected chi connectivity index (χ1v) is 8.82. The zero-order valence-corrected chi connectivity index (χ0v) is 14.3. The van der Waals surface area contributed by atoms with E-state index >= 15 is 0 Å². The summed E-state index contributed by atoms with van der Waals surface area (Å²) in [6.07, 6.45) is 2.87. The number of nitrogens with zero attached hydrogens (tertiary/aromatic N) is 4. The van der Waals surface area contributed by atoms with Crippen molar-refractivity contribution in [2.75, 3.05) is 6.54 Å². The van der Waals surface area contributed by atoms with Crippen LogP contribution in [0.2, 0.25) is 0 Å². The third-order valence-electron chi connectivity index (χ3n) is 4.25. The molecule has 1 aromatic carbocycles. The minimum atomic E-state index is 0.269. The maximum atomic E-state index is 9.54. The van der Waals surface area contributed by atoms with E-state index in [2.05, 4.69) is 19.9 Å². The quantitative estimate of drug-likeness (QED) is 0.795.